The van der Waals surface area contributed by atoms with Gasteiger partial charge < -0.3 is 4.79 Å². The van der Waals surface area contributed by atoms with Gasteiger partial charge in [-0.3, -0.25) is 0 Å². The number of aldehydes is 1. The number of rotatable bonds is 3. The van der Waals surface area contributed by atoms with E-state index in [0.717, 1.165) is 18.6 Å². The molecule has 0 amide bonds. The minimum atomic E-state index is 0.692. The Bertz CT molecular complexity index is 158. The molecular formula is C10H16O. The molecule has 1 unspecified atom stereocenters. The molecule has 0 aromatic heterocycles. The monoisotopic (exact) mass is 152 g/mol. The van der Waals surface area contributed by atoms with Crippen LogP contribution in [0.3, 0.4) is 0 Å². The number of hydrogen-bond acceptors (Lipinski definition) is 1. The quantitative estimate of drug-likeness (QED) is 0.345. The van der Waals surface area contributed by atoms with Crippen molar-refractivity contribution >= 4 is 6.29 Å². The van der Waals surface area contributed by atoms with Crippen molar-refractivity contribution in [2.24, 2.45) is 5.92 Å². The lowest BCUT2D eigenvalue weighted by molar-refractivity contribution is -0.107. The van der Waals surface area contributed by atoms with Crippen LogP contribution in [0.1, 0.15) is 39.0 Å². The first-order valence-corrected chi connectivity index (χ1v) is 4.44. The minimum Gasteiger partial charge on any atom is -0.303 e. The summed E-state index contributed by atoms with van der Waals surface area (Å²) in [6.45, 7) is 2.29. The molecule has 1 heteroatoms. The van der Waals surface area contributed by atoms with Gasteiger partial charge in [0, 0.05) is 6.42 Å². The third-order valence-electron chi connectivity index (χ3n) is 2.29. The zero-order valence-corrected chi connectivity index (χ0v) is 7.18. The summed E-state index contributed by atoms with van der Waals surface area (Å²) in [4.78, 5) is 10.0. The molecule has 1 atom stereocenters. The lowest BCUT2D eigenvalue weighted by atomic mass is 10.1. The first kappa shape index (κ1) is 8.51. The molecule has 0 radical (unpaired) electrons. The number of carbonyl (C=O) groups excluding carboxylic acids is 1. The largest absolute Gasteiger partial charge is 0.303 e. The van der Waals surface area contributed by atoms with Crippen LogP contribution in [-0.4, -0.2) is 6.29 Å². The Balaban J connectivity index is 2.24. The second-order valence-electron chi connectivity index (χ2n) is 3.45. The SMILES string of the molecule is CC1CC/C(=C\CCC=O)C1. The molecule has 1 nitrogen and oxygen atoms in total. The maximum absolute atomic E-state index is 10.0. The Morgan fingerprint density at radius 1 is 1.55 bits per heavy atom. The van der Waals surface area contributed by atoms with Gasteiger partial charge in [-0.2, -0.15) is 0 Å². The molecule has 0 spiro atoms. The molecule has 1 saturated carbocycles. The van der Waals surface area contributed by atoms with Crippen LogP contribution in [-0.2, 0) is 4.79 Å². The average Bonchev–Trinajstić information content (AvgIpc) is 2.37. The van der Waals surface area contributed by atoms with E-state index in [1.165, 1.54) is 19.3 Å². The van der Waals surface area contributed by atoms with Gasteiger partial charge in [-0.05, 0) is 31.6 Å². The molecule has 1 fully saturated rings. The van der Waals surface area contributed by atoms with Crippen molar-refractivity contribution in [3.05, 3.63) is 11.6 Å². The fourth-order valence-electron chi connectivity index (χ4n) is 1.62. The van der Waals surface area contributed by atoms with Crippen LogP contribution < -0.4 is 0 Å². The van der Waals surface area contributed by atoms with E-state index in [-0.39, 0.29) is 0 Å². The molecule has 0 N–H and O–H groups in total. The Hall–Kier alpha value is -0.590. The summed E-state index contributed by atoms with van der Waals surface area (Å²) in [7, 11) is 0. The predicted octanol–water partition coefficient (Wildman–Crippen LogP) is 2.71. The maximum Gasteiger partial charge on any atom is 0.120 e. The Kier molecular flexibility index (Phi) is 3.34. The van der Waals surface area contributed by atoms with Crippen molar-refractivity contribution in [1.29, 1.82) is 0 Å². The van der Waals surface area contributed by atoms with Gasteiger partial charge in [0.05, 0.1) is 0 Å². The maximum atomic E-state index is 10.0. The number of carbonyl (C=O) groups is 1. The summed E-state index contributed by atoms with van der Waals surface area (Å²) >= 11 is 0. The van der Waals surface area contributed by atoms with Crippen LogP contribution >= 0.6 is 0 Å². The van der Waals surface area contributed by atoms with E-state index < -0.39 is 0 Å². The van der Waals surface area contributed by atoms with Gasteiger partial charge in [0.1, 0.15) is 6.29 Å². The average molecular weight is 152 g/mol. The standard InChI is InChI=1S/C10H16O/c1-9-5-6-10(8-9)4-2-3-7-11/h4,7,9H,2-3,5-6,8H2,1H3/b10-4+. The van der Waals surface area contributed by atoms with Crippen molar-refractivity contribution < 1.29 is 4.79 Å². The van der Waals surface area contributed by atoms with Gasteiger partial charge in [-0.25, -0.2) is 0 Å². The van der Waals surface area contributed by atoms with Gasteiger partial charge in [-0.1, -0.05) is 18.6 Å². The van der Waals surface area contributed by atoms with Crippen molar-refractivity contribution in [3.63, 3.8) is 0 Å². The van der Waals surface area contributed by atoms with E-state index >= 15 is 0 Å². The molecule has 0 heterocycles. The highest BCUT2D eigenvalue weighted by Crippen LogP contribution is 2.29. The Morgan fingerprint density at radius 2 is 2.36 bits per heavy atom. The van der Waals surface area contributed by atoms with Crippen LogP contribution in [0.5, 0.6) is 0 Å². The fourth-order valence-corrected chi connectivity index (χ4v) is 1.62. The van der Waals surface area contributed by atoms with Gasteiger partial charge >= 0.3 is 0 Å². The van der Waals surface area contributed by atoms with Crippen LogP contribution in [0.15, 0.2) is 11.6 Å². The molecular weight excluding hydrogens is 136 g/mol. The van der Waals surface area contributed by atoms with Crippen molar-refractivity contribution in [3.8, 4) is 0 Å². The highest BCUT2D eigenvalue weighted by molar-refractivity contribution is 5.49. The summed E-state index contributed by atoms with van der Waals surface area (Å²) in [5, 5.41) is 0. The summed E-state index contributed by atoms with van der Waals surface area (Å²) in [6.07, 6.45) is 8.75. The van der Waals surface area contributed by atoms with Crippen LogP contribution in [0.2, 0.25) is 0 Å². The Labute approximate surface area is 68.5 Å². The highest BCUT2D eigenvalue weighted by Gasteiger charge is 2.13. The summed E-state index contributed by atoms with van der Waals surface area (Å²) in [5.41, 5.74) is 1.57. The van der Waals surface area contributed by atoms with E-state index in [9.17, 15) is 4.79 Å². The molecule has 62 valence electrons. The lowest BCUT2D eigenvalue weighted by Gasteiger charge is -1.95. The van der Waals surface area contributed by atoms with E-state index in [1.54, 1.807) is 5.57 Å². The van der Waals surface area contributed by atoms with Crippen LogP contribution in [0.25, 0.3) is 0 Å². The summed E-state index contributed by atoms with van der Waals surface area (Å²) in [6, 6.07) is 0. The highest BCUT2D eigenvalue weighted by atomic mass is 16.1. The smallest absolute Gasteiger partial charge is 0.120 e. The van der Waals surface area contributed by atoms with E-state index in [0.29, 0.717) is 6.42 Å². The molecule has 0 aromatic rings. The van der Waals surface area contributed by atoms with Crippen molar-refractivity contribution in [2.75, 3.05) is 0 Å². The second kappa shape index (κ2) is 4.32. The van der Waals surface area contributed by atoms with Gasteiger partial charge in [0.15, 0.2) is 0 Å². The van der Waals surface area contributed by atoms with Gasteiger partial charge in [-0.15, -0.1) is 0 Å². The van der Waals surface area contributed by atoms with E-state index in [2.05, 4.69) is 13.0 Å². The van der Waals surface area contributed by atoms with Crippen molar-refractivity contribution in [1.82, 2.24) is 0 Å². The minimum absolute atomic E-state index is 0.692. The molecule has 1 aliphatic rings. The molecule has 1 rings (SSSR count). The van der Waals surface area contributed by atoms with E-state index in [1.807, 2.05) is 0 Å². The fraction of sp³-hybridized carbons (Fsp3) is 0.700. The van der Waals surface area contributed by atoms with Gasteiger partial charge in [0.25, 0.3) is 0 Å². The third-order valence-corrected chi connectivity index (χ3v) is 2.29. The van der Waals surface area contributed by atoms with Crippen LogP contribution in [0.4, 0.5) is 0 Å². The van der Waals surface area contributed by atoms with Crippen molar-refractivity contribution in [2.45, 2.75) is 39.0 Å². The van der Waals surface area contributed by atoms with Gasteiger partial charge in [0.2, 0.25) is 0 Å². The molecule has 1 aliphatic carbocycles. The molecule has 0 aromatic carbocycles. The zero-order chi connectivity index (χ0) is 8.10. The first-order valence-electron chi connectivity index (χ1n) is 4.44. The second-order valence-corrected chi connectivity index (χ2v) is 3.45. The normalized spacial score (nSPS) is 27.7. The summed E-state index contributed by atoms with van der Waals surface area (Å²) < 4.78 is 0. The number of hydrogen-bond donors (Lipinski definition) is 0. The zero-order valence-electron chi connectivity index (χ0n) is 7.18. The third kappa shape index (κ3) is 2.87. The summed E-state index contributed by atoms with van der Waals surface area (Å²) in [5.74, 6) is 0.873. The predicted molar refractivity (Wildman–Crippen MR) is 46.4 cm³/mol. The topological polar surface area (TPSA) is 17.1 Å². The van der Waals surface area contributed by atoms with Crippen LogP contribution in [0, 0.1) is 5.92 Å². The molecule has 0 saturated heterocycles. The molecule has 11 heavy (non-hydrogen) atoms. The molecule has 0 aliphatic heterocycles. The first-order chi connectivity index (χ1) is 5.33. The number of allylic oxidation sites excluding steroid dienone is 2. The molecule has 0 bridgehead atoms. The van der Waals surface area contributed by atoms with E-state index in [4.69, 9.17) is 0 Å². The number of unbranched alkanes of at least 4 members (excludes halogenated alkanes) is 1. The lowest BCUT2D eigenvalue weighted by Crippen LogP contribution is -1.81. The Morgan fingerprint density at radius 3 is 2.91 bits per heavy atom.